The summed E-state index contributed by atoms with van der Waals surface area (Å²) in [4.78, 5) is 79.4. The Kier molecular flexibility index (Phi) is 12.8. The van der Waals surface area contributed by atoms with E-state index in [4.69, 9.17) is 33.9 Å². The lowest BCUT2D eigenvalue weighted by molar-refractivity contribution is -0.139. The Morgan fingerprint density at radius 2 is 1.53 bits per heavy atom. The molecule has 384 valence electrons. The Bertz CT molecular complexity index is 3100. The fourth-order valence-electron chi connectivity index (χ4n) is 11.7. The van der Waals surface area contributed by atoms with E-state index in [-0.39, 0.29) is 35.7 Å². The number of imidazole rings is 2. The number of hydrogen-bond acceptors (Lipinski definition) is 12. The first kappa shape index (κ1) is 48.5. The van der Waals surface area contributed by atoms with E-state index in [0.29, 0.717) is 85.3 Å². The number of fused-ring (bicyclic) bond motifs is 6. The molecule has 4 aliphatic heterocycles. The summed E-state index contributed by atoms with van der Waals surface area (Å²) in [5.74, 6) is 0.429. The number of H-pyrrole nitrogens is 2. The molecule has 0 radical (unpaired) electrons. The number of aryl methyl sites for hydroxylation is 2. The molecule has 0 saturated carbocycles. The van der Waals surface area contributed by atoms with Crippen molar-refractivity contribution in [2.75, 3.05) is 33.9 Å². The lowest BCUT2D eigenvalue weighted by Crippen LogP contribution is -2.54. The maximum Gasteiger partial charge on any atom is 0.407 e. The number of hydrogen-bond donors (Lipinski definition) is 4. The largest absolute Gasteiger partial charge is 0.462 e. The number of nitrogens with zero attached hydrogens (tertiary/aromatic N) is 6. The Labute approximate surface area is 425 Å². The van der Waals surface area contributed by atoms with Gasteiger partial charge in [0.05, 0.1) is 78.2 Å². The normalized spacial score (nSPS) is 21.9. The van der Waals surface area contributed by atoms with E-state index < -0.39 is 41.9 Å². The summed E-state index contributed by atoms with van der Waals surface area (Å²) in [5, 5.41) is 7.20. The van der Waals surface area contributed by atoms with Crippen molar-refractivity contribution in [3.8, 4) is 39.5 Å². The highest BCUT2D eigenvalue weighted by molar-refractivity contribution is 7.11. The van der Waals surface area contributed by atoms with Crippen molar-refractivity contribution in [3.63, 3.8) is 0 Å². The molecular weight excluding hydrogens is 956 g/mol. The number of carbonyl (C=O) groups is 4. The molecule has 4 unspecified atom stereocenters. The SMILES string of the molecule is COC(=O)NC(C(=O)N1CCC[C@H]1c1ncc(-c2cc(F)c3c(c2)OC(c2nc4c(s2)CCC4)n2c-3cc3cc(-c4cnc([C@@H]5CCCN5C(=O)C(NC(=O)OC)C5CCOC(C)(C)C5)[nH]4)ccc32)[nH]1)C(C)C. The van der Waals surface area contributed by atoms with Crippen LogP contribution in [0.3, 0.4) is 0 Å². The number of halogens is 1. The molecule has 11 rings (SSSR count). The molecule has 4 amide bonds. The number of rotatable bonds is 11. The molecule has 2 aromatic carbocycles. The predicted molar refractivity (Wildman–Crippen MR) is 269 cm³/mol. The van der Waals surface area contributed by atoms with E-state index in [1.807, 2.05) is 61.4 Å². The summed E-state index contributed by atoms with van der Waals surface area (Å²) in [6.07, 6.45) is 8.54. The van der Waals surface area contributed by atoms with Gasteiger partial charge < -0.3 is 49.3 Å². The minimum atomic E-state index is -0.776. The Balaban J connectivity index is 0.895. The van der Waals surface area contributed by atoms with Gasteiger partial charge in [-0.05, 0) is 114 Å². The van der Waals surface area contributed by atoms with E-state index in [1.165, 1.54) is 25.2 Å². The van der Waals surface area contributed by atoms with Crippen LogP contribution in [0.1, 0.15) is 118 Å². The van der Waals surface area contributed by atoms with Crippen LogP contribution in [0.5, 0.6) is 5.75 Å². The number of likely N-dealkylation sites (tertiary alicyclic amines) is 2. The third-order valence-corrected chi connectivity index (χ3v) is 16.5. The average molecular weight is 1020 g/mol. The second-order valence-corrected chi connectivity index (χ2v) is 21.9. The molecule has 20 heteroatoms. The van der Waals surface area contributed by atoms with E-state index in [0.717, 1.165) is 65.0 Å². The quantitative estimate of drug-likeness (QED) is 0.0964. The maximum absolute atomic E-state index is 17.0. The van der Waals surface area contributed by atoms with Crippen LogP contribution in [0.4, 0.5) is 14.0 Å². The van der Waals surface area contributed by atoms with Crippen LogP contribution < -0.4 is 15.4 Å². The highest BCUT2D eigenvalue weighted by Gasteiger charge is 2.44. The van der Waals surface area contributed by atoms with Crippen LogP contribution in [-0.4, -0.2) is 115 Å². The number of carbonyl (C=O) groups excluding carboxylic acids is 4. The van der Waals surface area contributed by atoms with Crippen molar-refractivity contribution in [1.82, 2.24) is 49.9 Å². The third kappa shape index (κ3) is 8.99. The first-order chi connectivity index (χ1) is 35.2. The Hall–Kier alpha value is -6.80. The number of aromatic amines is 2. The van der Waals surface area contributed by atoms with Gasteiger partial charge in [0.25, 0.3) is 0 Å². The monoisotopic (exact) mass is 1020 g/mol. The molecule has 6 atom stereocenters. The van der Waals surface area contributed by atoms with Crippen LogP contribution in [0.15, 0.2) is 48.8 Å². The summed E-state index contributed by atoms with van der Waals surface area (Å²) in [6.45, 7) is 9.27. The predicted octanol–water partition coefficient (Wildman–Crippen LogP) is 8.75. The van der Waals surface area contributed by atoms with Gasteiger partial charge in [-0.15, -0.1) is 11.3 Å². The molecule has 0 bridgehead atoms. The summed E-state index contributed by atoms with van der Waals surface area (Å²) >= 11 is 1.64. The topological polar surface area (TPSA) is 211 Å². The first-order valence-electron chi connectivity index (χ1n) is 25.4. The van der Waals surface area contributed by atoms with E-state index in [1.54, 1.807) is 28.6 Å². The average Bonchev–Trinajstić information content (AvgIpc) is 4.23. The first-order valence-corrected chi connectivity index (χ1v) is 26.2. The highest BCUT2D eigenvalue weighted by atomic mass is 32.1. The van der Waals surface area contributed by atoms with Crippen molar-refractivity contribution in [1.29, 1.82) is 0 Å². The zero-order chi connectivity index (χ0) is 50.9. The highest BCUT2D eigenvalue weighted by Crippen LogP contribution is 2.49. The van der Waals surface area contributed by atoms with E-state index in [9.17, 15) is 19.2 Å². The van der Waals surface area contributed by atoms with Gasteiger partial charge in [-0.2, -0.15) is 0 Å². The smallest absolute Gasteiger partial charge is 0.407 e. The lowest BCUT2D eigenvalue weighted by Gasteiger charge is -2.40. The number of amides is 4. The molecule has 0 spiro atoms. The van der Waals surface area contributed by atoms with Crippen LogP contribution in [0, 0.1) is 17.7 Å². The Morgan fingerprint density at radius 3 is 2.21 bits per heavy atom. The van der Waals surface area contributed by atoms with Gasteiger partial charge in [0.1, 0.15) is 35.3 Å². The molecule has 6 aromatic rings. The molecule has 73 heavy (non-hydrogen) atoms. The van der Waals surface area contributed by atoms with Gasteiger partial charge in [0.15, 0.2) is 5.01 Å². The number of alkyl carbamates (subject to hydrolysis) is 2. The van der Waals surface area contributed by atoms with E-state index >= 15 is 4.39 Å². The third-order valence-electron chi connectivity index (χ3n) is 15.3. The zero-order valence-corrected chi connectivity index (χ0v) is 42.7. The number of nitrogens with one attached hydrogen (secondary N) is 4. The zero-order valence-electron chi connectivity index (χ0n) is 41.9. The van der Waals surface area contributed by atoms with E-state index in [2.05, 4.69) is 26.7 Å². The number of thiazole rings is 1. The number of methoxy groups -OCH3 is 2. The molecule has 4 N–H and O–H groups in total. The van der Waals surface area contributed by atoms with Gasteiger partial charge in [-0.1, -0.05) is 19.9 Å². The fraction of sp³-hybridized carbons (Fsp3) is 0.491. The van der Waals surface area contributed by atoms with Crippen LogP contribution in [0.2, 0.25) is 0 Å². The molecule has 18 nitrogen and oxygen atoms in total. The molecule has 5 aliphatic rings. The summed E-state index contributed by atoms with van der Waals surface area (Å²) in [6, 6.07) is 9.17. The second kappa shape index (κ2) is 19.2. The molecule has 8 heterocycles. The second-order valence-electron chi connectivity index (χ2n) is 20.8. The standard InChI is InChI=1S/C53H61FN10O8S/c1-27(2)43(60-51(67)69-5)48(65)62-17-8-11-37(62)46-56-26-35(58-46)30-21-32(54)42-39-22-31-20-28(14-15-36(31)64(39)50(72-40(42)23-30)47-59-33-10-7-13-41(33)73-47)34-25-55-45(57-34)38-12-9-18-63(38)49(66)44(61-52(68)70-6)29-16-19-71-53(3,4)24-29/h14-15,20-23,25-27,29,37-38,43-44,50H,7-13,16-19,24H2,1-6H3,(H,55,57)(H,56,58)(H,60,67)(H,61,68)/t29?,37-,38-,43?,44?,50?/m0/s1. The van der Waals surface area contributed by atoms with Crippen LogP contribution in [0.25, 0.3) is 44.7 Å². The number of ether oxygens (including phenoxy) is 4. The lowest BCUT2D eigenvalue weighted by atomic mass is 9.82. The molecule has 3 fully saturated rings. The molecular formula is C53H61FN10O8S. The molecule has 1 aliphatic carbocycles. The van der Waals surface area contributed by atoms with Crippen molar-refractivity contribution in [3.05, 3.63) is 81.8 Å². The van der Waals surface area contributed by atoms with Crippen molar-refractivity contribution in [2.45, 2.75) is 121 Å². The van der Waals surface area contributed by atoms with Gasteiger partial charge in [-0.3, -0.25) is 14.2 Å². The fourth-order valence-corrected chi connectivity index (χ4v) is 12.9. The van der Waals surface area contributed by atoms with Crippen molar-refractivity contribution in [2.24, 2.45) is 11.8 Å². The van der Waals surface area contributed by atoms with Gasteiger partial charge in [0, 0.05) is 41.1 Å². The van der Waals surface area contributed by atoms with Crippen molar-refractivity contribution < 1.29 is 42.5 Å². The minimum absolute atomic E-state index is 0.131. The summed E-state index contributed by atoms with van der Waals surface area (Å²) < 4.78 is 41.6. The van der Waals surface area contributed by atoms with Crippen LogP contribution in [-0.2, 0) is 36.6 Å². The van der Waals surface area contributed by atoms with Crippen molar-refractivity contribution >= 4 is 46.2 Å². The van der Waals surface area contributed by atoms with Gasteiger partial charge in [0.2, 0.25) is 18.0 Å². The molecule has 4 aromatic heterocycles. The maximum atomic E-state index is 17.0. The molecule has 3 saturated heterocycles. The number of benzene rings is 2. The summed E-state index contributed by atoms with van der Waals surface area (Å²) in [7, 11) is 2.57. The van der Waals surface area contributed by atoms with Gasteiger partial charge in [-0.25, -0.2) is 28.9 Å². The summed E-state index contributed by atoms with van der Waals surface area (Å²) in [5.41, 5.74) is 5.19. The Morgan fingerprint density at radius 1 is 0.849 bits per heavy atom. The van der Waals surface area contributed by atoms with Crippen LogP contribution >= 0.6 is 11.3 Å². The van der Waals surface area contributed by atoms with Gasteiger partial charge >= 0.3 is 12.2 Å². The minimum Gasteiger partial charge on any atom is -0.462 e. The number of aromatic nitrogens is 6.